The summed E-state index contributed by atoms with van der Waals surface area (Å²) in [7, 11) is 0. The van der Waals surface area contributed by atoms with Gasteiger partial charge in [-0.15, -0.1) is 0 Å². The molecule has 0 aliphatic carbocycles. The Morgan fingerprint density at radius 3 is 2.15 bits per heavy atom. The van der Waals surface area contributed by atoms with Crippen molar-refractivity contribution >= 4 is 28.6 Å². The van der Waals surface area contributed by atoms with Gasteiger partial charge in [-0.25, -0.2) is 13.2 Å². The number of halogens is 3. The zero-order valence-electron chi connectivity index (χ0n) is 10.5. The lowest BCUT2D eigenvalue weighted by Crippen LogP contribution is -2.11. The van der Waals surface area contributed by atoms with E-state index in [1.807, 2.05) is 0 Å². The Morgan fingerprint density at radius 2 is 1.65 bits per heavy atom. The summed E-state index contributed by atoms with van der Waals surface area (Å²) < 4.78 is 41.3. The van der Waals surface area contributed by atoms with E-state index in [9.17, 15) is 13.2 Å². The minimum absolute atomic E-state index is 0.0172. The van der Waals surface area contributed by atoms with Crippen LogP contribution in [-0.2, 0) is 0 Å². The van der Waals surface area contributed by atoms with Gasteiger partial charge >= 0.3 is 0 Å². The van der Waals surface area contributed by atoms with Crippen molar-refractivity contribution in [3.8, 4) is 0 Å². The molecule has 2 aromatic rings. The van der Waals surface area contributed by atoms with Crippen molar-refractivity contribution < 1.29 is 13.2 Å². The molecular formula is C14H11F3N2S. The maximum absolute atomic E-state index is 13.8. The number of hydrogen-bond donors (Lipinski definition) is 2. The first kappa shape index (κ1) is 14.3. The number of hydrogen-bond acceptors (Lipinski definition) is 2. The van der Waals surface area contributed by atoms with Gasteiger partial charge in [0.2, 0.25) is 0 Å². The van der Waals surface area contributed by atoms with Crippen LogP contribution in [0.3, 0.4) is 0 Å². The number of anilines is 2. The van der Waals surface area contributed by atoms with E-state index in [2.05, 4.69) is 17.5 Å². The average Bonchev–Trinajstić information content (AvgIpc) is 2.35. The molecule has 0 atom stereocenters. The van der Waals surface area contributed by atoms with Crippen LogP contribution in [0.5, 0.6) is 0 Å². The van der Waals surface area contributed by atoms with Crippen molar-refractivity contribution in [2.75, 3.05) is 5.32 Å². The molecule has 3 N–H and O–H groups in total. The van der Waals surface area contributed by atoms with Gasteiger partial charge in [0, 0.05) is 5.56 Å². The zero-order chi connectivity index (χ0) is 14.9. The van der Waals surface area contributed by atoms with E-state index in [0.717, 1.165) is 12.1 Å². The highest BCUT2D eigenvalue weighted by Crippen LogP contribution is 2.26. The Kier molecular flexibility index (Phi) is 3.94. The highest BCUT2D eigenvalue weighted by Gasteiger charge is 2.14. The molecule has 6 heteroatoms. The highest BCUT2D eigenvalue weighted by atomic mass is 32.1. The number of thiocarbonyl (C=S) groups is 1. The monoisotopic (exact) mass is 296 g/mol. The molecule has 0 spiro atoms. The van der Waals surface area contributed by atoms with Gasteiger partial charge in [0.05, 0.1) is 5.69 Å². The molecule has 0 saturated carbocycles. The van der Waals surface area contributed by atoms with E-state index in [1.165, 1.54) is 12.1 Å². The minimum Gasteiger partial charge on any atom is -0.389 e. The van der Waals surface area contributed by atoms with E-state index >= 15 is 0 Å². The van der Waals surface area contributed by atoms with Crippen LogP contribution in [0.2, 0.25) is 0 Å². The second kappa shape index (κ2) is 5.50. The largest absolute Gasteiger partial charge is 0.389 e. The number of nitrogens with one attached hydrogen (secondary N) is 1. The van der Waals surface area contributed by atoms with E-state index in [4.69, 9.17) is 5.73 Å². The van der Waals surface area contributed by atoms with Crippen molar-refractivity contribution in [3.05, 3.63) is 58.9 Å². The van der Waals surface area contributed by atoms with Crippen molar-refractivity contribution in [3.63, 3.8) is 0 Å². The molecule has 0 aliphatic heterocycles. The molecule has 0 fully saturated rings. The molecule has 2 nitrogen and oxygen atoms in total. The molecule has 0 saturated heterocycles. The van der Waals surface area contributed by atoms with Gasteiger partial charge in [-0.2, -0.15) is 0 Å². The van der Waals surface area contributed by atoms with Crippen LogP contribution in [0.15, 0.2) is 30.3 Å². The Hall–Kier alpha value is -2.08. The standard InChI is InChI=1S/C14H11F3N2S/c1-7-2-3-12(9(15)4-7)19-13-10(16)5-8(14(18)20)6-11(13)17/h2-6,19H,1H3,(H2,18,20). The van der Waals surface area contributed by atoms with Gasteiger partial charge in [-0.3, -0.25) is 0 Å². The zero-order valence-corrected chi connectivity index (χ0v) is 11.3. The third kappa shape index (κ3) is 2.91. The third-order valence-electron chi connectivity index (χ3n) is 2.71. The van der Waals surface area contributed by atoms with Gasteiger partial charge in [-0.1, -0.05) is 18.3 Å². The first-order chi connectivity index (χ1) is 9.38. The van der Waals surface area contributed by atoms with Crippen LogP contribution in [0.25, 0.3) is 0 Å². The Labute approximate surface area is 119 Å². The second-order valence-electron chi connectivity index (χ2n) is 4.29. The van der Waals surface area contributed by atoms with Gasteiger partial charge in [0.1, 0.15) is 28.1 Å². The van der Waals surface area contributed by atoms with Crippen molar-refractivity contribution in [2.24, 2.45) is 5.73 Å². The van der Waals surface area contributed by atoms with Gasteiger partial charge in [0.15, 0.2) is 0 Å². The van der Waals surface area contributed by atoms with E-state index < -0.39 is 23.1 Å². The maximum Gasteiger partial charge on any atom is 0.150 e. The average molecular weight is 296 g/mol. The SMILES string of the molecule is Cc1ccc(Nc2c(F)cc(C(N)=S)cc2F)c(F)c1. The summed E-state index contributed by atoms with van der Waals surface area (Å²) in [6.45, 7) is 1.71. The molecule has 2 aromatic carbocycles. The van der Waals surface area contributed by atoms with E-state index in [1.54, 1.807) is 13.0 Å². The lowest BCUT2D eigenvalue weighted by Gasteiger charge is -2.11. The molecular weight excluding hydrogens is 285 g/mol. The summed E-state index contributed by atoms with van der Waals surface area (Å²) >= 11 is 4.65. The smallest absolute Gasteiger partial charge is 0.150 e. The van der Waals surface area contributed by atoms with Crippen LogP contribution in [0, 0.1) is 24.4 Å². The second-order valence-corrected chi connectivity index (χ2v) is 4.73. The number of aryl methyl sites for hydroxylation is 1. The lowest BCUT2D eigenvalue weighted by atomic mass is 10.1. The van der Waals surface area contributed by atoms with Crippen LogP contribution in [-0.4, -0.2) is 4.99 Å². The summed E-state index contributed by atoms with van der Waals surface area (Å²) in [5, 5.41) is 2.39. The van der Waals surface area contributed by atoms with Crippen LogP contribution in [0.1, 0.15) is 11.1 Å². The number of nitrogens with two attached hydrogens (primary N) is 1. The number of benzene rings is 2. The number of rotatable bonds is 3. The van der Waals surface area contributed by atoms with Gasteiger partial charge < -0.3 is 11.1 Å². The van der Waals surface area contributed by atoms with Crippen molar-refractivity contribution in [1.29, 1.82) is 0 Å². The minimum atomic E-state index is -0.896. The van der Waals surface area contributed by atoms with E-state index in [-0.39, 0.29) is 16.2 Å². The van der Waals surface area contributed by atoms with Crippen molar-refractivity contribution in [2.45, 2.75) is 6.92 Å². The van der Waals surface area contributed by atoms with E-state index in [0.29, 0.717) is 5.56 Å². The van der Waals surface area contributed by atoms with Crippen molar-refractivity contribution in [1.82, 2.24) is 0 Å². The lowest BCUT2D eigenvalue weighted by molar-refractivity contribution is 0.589. The quantitative estimate of drug-likeness (QED) is 0.846. The van der Waals surface area contributed by atoms with Gasteiger partial charge in [-0.05, 0) is 36.8 Å². The molecule has 20 heavy (non-hydrogen) atoms. The molecule has 0 aliphatic rings. The summed E-state index contributed by atoms with van der Waals surface area (Å²) in [4.78, 5) is -0.115. The molecule has 2 rings (SSSR count). The highest BCUT2D eigenvalue weighted by molar-refractivity contribution is 7.80. The summed E-state index contributed by atoms with van der Waals surface area (Å²) in [6, 6.07) is 6.30. The fourth-order valence-electron chi connectivity index (χ4n) is 1.69. The topological polar surface area (TPSA) is 38.0 Å². The Bertz CT molecular complexity index is 663. The Morgan fingerprint density at radius 1 is 1.05 bits per heavy atom. The Balaban J connectivity index is 2.41. The third-order valence-corrected chi connectivity index (χ3v) is 2.95. The summed E-state index contributed by atoms with van der Waals surface area (Å²) in [5.74, 6) is -2.39. The normalized spacial score (nSPS) is 10.4. The maximum atomic E-state index is 13.8. The predicted octanol–water partition coefficient (Wildman–Crippen LogP) is 3.79. The molecule has 0 amide bonds. The fourth-order valence-corrected chi connectivity index (χ4v) is 1.81. The molecule has 104 valence electrons. The summed E-state index contributed by atoms with van der Waals surface area (Å²) in [5.41, 5.74) is 5.62. The first-order valence-corrected chi connectivity index (χ1v) is 6.11. The van der Waals surface area contributed by atoms with Crippen LogP contribution < -0.4 is 11.1 Å². The fraction of sp³-hybridized carbons (Fsp3) is 0.0714. The predicted molar refractivity (Wildman–Crippen MR) is 76.7 cm³/mol. The molecule has 0 unspecified atom stereocenters. The summed E-state index contributed by atoms with van der Waals surface area (Å²) in [6.07, 6.45) is 0. The molecule has 0 radical (unpaired) electrons. The first-order valence-electron chi connectivity index (χ1n) is 5.70. The van der Waals surface area contributed by atoms with Crippen LogP contribution in [0.4, 0.5) is 24.5 Å². The van der Waals surface area contributed by atoms with Crippen LogP contribution >= 0.6 is 12.2 Å². The molecule has 0 aromatic heterocycles. The molecule has 0 heterocycles. The van der Waals surface area contributed by atoms with Gasteiger partial charge in [0.25, 0.3) is 0 Å². The molecule has 0 bridgehead atoms.